The molecule has 0 aliphatic carbocycles. The molecule has 0 atom stereocenters. The van der Waals surface area contributed by atoms with Crippen molar-refractivity contribution in [3.8, 4) is 0 Å². The second-order valence-electron chi connectivity index (χ2n) is 5.73. The predicted octanol–water partition coefficient (Wildman–Crippen LogP) is 2.59. The van der Waals surface area contributed by atoms with E-state index < -0.39 is 0 Å². The molecule has 1 N–H and O–H groups in total. The third kappa shape index (κ3) is 5.49. The predicted molar refractivity (Wildman–Crippen MR) is 85.7 cm³/mol. The van der Waals surface area contributed by atoms with Gasteiger partial charge in [-0.3, -0.25) is 4.79 Å². The van der Waals surface area contributed by atoms with Gasteiger partial charge in [0.2, 0.25) is 11.8 Å². The van der Waals surface area contributed by atoms with Crippen molar-refractivity contribution in [3.05, 3.63) is 47.1 Å². The largest absolute Gasteiger partial charge is 0.380 e. The van der Waals surface area contributed by atoms with Crippen molar-refractivity contribution in [3.63, 3.8) is 0 Å². The number of benzene rings is 1. The summed E-state index contributed by atoms with van der Waals surface area (Å²) in [7, 11) is 1.66. The van der Waals surface area contributed by atoms with E-state index >= 15 is 0 Å². The molecule has 6 heteroatoms. The average molecular weight is 317 g/mol. The van der Waals surface area contributed by atoms with E-state index in [4.69, 9.17) is 9.26 Å². The van der Waals surface area contributed by atoms with E-state index in [1.54, 1.807) is 7.11 Å². The molecule has 2 aromatic rings. The minimum absolute atomic E-state index is 0.0357. The van der Waals surface area contributed by atoms with Gasteiger partial charge in [0.05, 0.1) is 6.61 Å². The van der Waals surface area contributed by atoms with Crippen LogP contribution in [0.1, 0.15) is 49.0 Å². The number of hydrogen-bond acceptors (Lipinski definition) is 5. The first kappa shape index (κ1) is 17.1. The van der Waals surface area contributed by atoms with E-state index in [2.05, 4.69) is 15.5 Å². The Morgan fingerprint density at radius 2 is 2.13 bits per heavy atom. The van der Waals surface area contributed by atoms with Crippen LogP contribution in [0.25, 0.3) is 0 Å². The molecule has 0 fully saturated rings. The molecule has 1 heterocycles. The van der Waals surface area contributed by atoms with Crippen LogP contribution in [0.3, 0.4) is 0 Å². The average Bonchev–Trinajstić information content (AvgIpc) is 3.01. The number of nitrogens with zero attached hydrogens (tertiary/aromatic N) is 2. The van der Waals surface area contributed by atoms with Gasteiger partial charge in [-0.15, -0.1) is 0 Å². The summed E-state index contributed by atoms with van der Waals surface area (Å²) in [6.45, 7) is 5.06. The molecular formula is C17H23N3O3. The Hall–Kier alpha value is -2.21. The lowest BCUT2D eigenvalue weighted by Crippen LogP contribution is -2.23. The number of hydrogen-bond donors (Lipinski definition) is 1. The summed E-state index contributed by atoms with van der Waals surface area (Å²) in [5.41, 5.74) is 2.14. The van der Waals surface area contributed by atoms with E-state index in [1.807, 2.05) is 38.1 Å². The lowest BCUT2D eigenvalue weighted by molar-refractivity contribution is -0.121. The first-order valence-corrected chi connectivity index (χ1v) is 7.74. The van der Waals surface area contributed by atoms with Gasteiger partial charge in [-0.2, -0.15) is 4.98 Å². The number of ether oxygens (including phenoxy) is 1. The number of methoxy groups -OCH3 is 1. The molecule has 0 aliphatic heterocycles. The van der Waals surface area contributed by atoms with Gasteiger partial charge >= 0.3 is 0 Å². The van der Waals surface area contributed by atoms with Gasteiger partial charge in [0, 0.05) is 32.4 Å². The van der Waals surface area contributed by atoms with Crippen LogP contribution in [-0.2, 0) is 29.1 Å². The number of carbonyl (C=O) groups is 1. The molecule has 0 saturated heterocycles. The van der Waals surface area contributed by atoms with Gasteiger partial charge in [-0.05, 0) is 11.1 Å². The lowest BCUT2D eigenvalue weighted by atomic mass is 10.1. The van der Waals surface area contributed by atoms with Crippen molar-refractivity contribution >= 4 is 5.91 Å². The smallest absolute Gasteiger partial charge is 0.227 e. The third-order valence-corrected chi connectivity index (χ3v) is 3.36. The Morgan fingerprint density at radius 3 is 2.83 bits per heavy atom. The monoisotopic (exact) mass is 317 g/mol. The molecule has 0 spiro atoms. The maximum absolute atomic E-state index is 11.9. The molecule has 124 valence electrons. The lowest BCUT2D eigenvalue weighted by Gasteiger charge is -2.06. The highest BCUT2D eigenvalue weighted by molar-refractivity contribution is 5.76. The molecule has 1 aromatic carbocycles. The fourth-order valence-corrected chi connectivity index (χ4v) is 2.11. The fourth-order valence-electron chi connectivity index (χ4n) is 2.11. The molecule has 0 bridgehead atoms. The van der Waals surface area contributed by atoms with Crippen molar-refractivity contribution in [2.75, 3.05) is 7.11 Å². The van der Waals surface area contributed by atoms with Crippen molar-refractivity contribution in [2.24, 2.45) is 0 Å². The normalized spacial score (nSPS) is 11.0. The maximum Gasteiger partial charge on any atom is 0.227 e. The van der Waals surface area contributed by atoms with Crippen molar-refractivity contribution in [1.82, 2.24) is 15.5 Å². The zero-order valence-electron chi connectivity index (χ0n) is 13.8. The summed E-state index contributed by atoms with van der Waals surface area (Å²) >= 11 is 0. The molecule has 6 nitrogen and oxygen atoms in total. The van der Waals surface area contributed by atoms with Gasteiger partial charge < -0.3 is 14.6 Å². The fraction of sp³-hybridized carbons (Fsp3) is 0.471. The highest BCUT2D eigenvalue weighted by Gasteiger charge is 2.11. The Bertz CT molecular complexity index is 638. The summed E-state index contributed by atoms with van der Waals surface area (Å²) in [5, 5.41) is 6.78. The number of rotatable bonds is 8. The summed E-state index contributed by atoms with van der Waals surface area (Å²) in [6, 6.07) is 7.96. The van der Waals surface area contributed by atoms with Crippen LogP contribution in [-0.4, -0.2) is 23.2 Å². The minimum Gasteiger partial charge on any atom is -0.380 e. The molecule has 0 aliphatic rings. The standard InChI is InChI=1S/C17H23N3O3/c1-12(2)17-19-16(23-20-17)8-7-15(21)18-10-13-5-4-6-14(9-13)11-22-3/h4-6,9,12H,7-8,10-11H2,1-3H3,(H,18,21). The molecule has 0 radical (unpaired) electrons. The Morgan fingerprint density at radius 1 is 1.35 bits per heavy atom. The summed E-state index contributed by atoms with van der Waals surface area (Å²) in [4.78, 5) is 16.2. The first-order valence-electron chi connectivity index (χ1n) is 7.74. The summed E-state index contributed by atoms with van der Waals surface area (Å²) in [5.74, 6) is 1.37. The van der Waals surface area contributed by atoms with Crippen molar-refractivity contribution in [2.45, 2.75) is 45.8 Å². The number of nitrogens with one attached hydrogen (secondary N) is 1. The molecule has 1 aromatic heterocycles. The van der Waals surface area contributed by atoms with Gasteiger partial charge in [0.15, 0.2) is 5.82 Å². The quantitative estimate of drug-likeness (QED) is 0.809. The number of amides is 1. The molecule has 23 heavy (non-hydrogen) atoms. The zero-order valence-corrected chi connectivity index (χ0v) is 13.8. The van der Waals surface area contributed by atoms with Gasteiger partial charge in [0.25, 0.3) is 0 Å². The topological polar surface area (TPSA) is 77.2 Å². The van der Waals surface area contributed by atoms with Crippen LogP contribution in [0, 0.1) is 0 Å². The van der Waals surface area contributed by atoms with Crippen molar-refractivity contribution < 1.29 is 14.1 Å². The zero-order chi connectivity index (χ0) is 16.7. The Labute approximate surface area is 136 Å². The van der Waals surface area contributed by atoms with Crippen LogP contribution in [0.5, 0.6) is 0 Å². The van der Waals surface area contributed by atoms with Crippen LogP contribution in [0.4, 0.5) is 0 Å². The second kappa shape index (κ2) is 8.43. The van der Waals surface area contributed by atoms with Crippen molar-refractivity contribution in [1.29, 1.82) is 0 Å². The Kier molecular flexibility index (Phi) is 6.29. The first-order chi connectivity index (χ1) is 11.1. The van der Waals surface area contributed by atoms with Gasteiger partial charge in [-0.1, -0.05) is 43.3 Å². The van der Waals surface area contributed by atoms with Gasteiger partial charge in [0.1, 0.15) is 0 Å². The summed E-state index contributed by atoms with van der Waals surface area (Å²) < 4.78 is 10.2. The van der Waals surface area contributed by atoms with Gasteiger partial charge in [-0.25, -0.2) is 0 Å². The van der Waals surface area contributed by atoms with E-state index in [9.17, 15) is 4.79 Å². The van der Waals surface area contributed by atoms with Crippen LogP contribution >= 0.6 is 0 Å². The van der Waals surface area contributed by atoms with Crippen LogP contribution in [0.15, 0.2) is 28.8 Å². The second-order valence-corrected chi connectivity index (χ2v) is 5.73. The molecule has 2 rings (SSSR count). The van der Waals surface area contributed by atoms with E-state index in [0.717, 1.165) is 11.1 Å². The molecule has 0 unspecified atom stereocenters. The molecule has 0 saturated carbocycles. The minimum atomic E-state index is -0.0357. The Balaban J connectivity index is 1.77. The number of aryl methyl sites for hydroxylation is 1. The third-order valence-electron chi connectivity index (χ3n) is 3.36. The van der Waals surface area contributed by atoms with E-state index in [1.165, 1.54) is 0 Å². The van der Waals surface area contributed by atoms with E-state index in [-0.39, 0.29) is 11.8 Å². The van der Waals surface area contributed by atoms with E-state index in [0.29, 0.717) is 37.7 Å². The SMILES string of the molecule is COCc1cccc(CNC(=O)CCc2nc(C(C)C)no2)c1. The number of carbonyl (C=O) groups excluding carboxylic acids is 1. The molecule has 1 amide bonds. The number of aromatic nitrogens is 2. The van der Waals surface area contributed by atoms with Crippen LogP contribution < -0.4 is 5.32 Å². The highest BCUT2D eigenvalue weighted by atomic mass is 16.5. The summed E-state index contributed by atoms with van der Waals surface area (Å²) in [6.07, 6.45) is 0.784. The molecular weight excluding hydrogens is 294 g/mol. The van der Waals surface area contributed by atoms with Crippen LogP contribution in [0.2, 0.25) is 0 Å². The highest BCUT2D eigenvalue weighted by Crippen LogP contribution is 2.11. The maximum atomic E-state index is 11.9.